The number of methoxy groups -OCH3 is 1. The SMILES string of the molecule is CCOc1cc(/C=C(\C#N)C(=O)Nc2ccccc2)ccc1OC(=O)c1ccc(OC)cc1. The molecule has 3 aromatic carbocycles. The second-order valence-electron chi connectivity index (χ2n) is 6.75. The summed E-state index contributed by atoms with van der Waals surface area (Å²) in [5, 5.41) is 12.1. The highest BCUT2D eigenvalue weighted by atomic mass is 16.6. The molecule has 3 rings (SSSR count). The average molecular weight is 442 g/mol. The van der Waals surface area contributed by atoms with Gasteiger partial charge in [0.05, 0.1) is 19.3 Å². The van der Waals surface area contributed by atoms with Crippen LogP contribution in [0.5, 0.6) is 17.2 Å². The minimum atomic E-state index is -0.554. The summed E-state index contributed by atoms with van der Waals surface area (Å²) in [6.45, 7) is 2.13. The van der Waals surface area contributed by atoms with Crippen LogP contribution < -0.4 is 19.5 Å². The third-order valence-electron chi connectivity index (χ3n) is 4.50. The summed E-state index contributed by atoms with van der Waals surface area (Å²) in [5.41, 5.74) is 1.40. The van der Waals surface area contributed by atoms with Crippen molar-refractivity contribution in [2.75, 3.05) is 19.0 Å². The molecule has 1 amide bonds. The molecule has 0 heterocycles. The number of carbonyl (C=O) groups excluding carboxylic acids is 2. The number of nitrogens with zero attached hydrogens (tertiary/aromatic N) is 1. The third-order valence-corrected chi connectivity index (χ3v) is 4.50. The van der Waals surface area contributed by atoms with Gasteiger partial charge in [0.2, 0.25) is 0 Å². The molecule has 0 bridgehead atoms. The molecule has 0 aliphatic heterocycles. The van der Waals surface area contributed by atoms with E-state index >= 15 is 0 Å². The molecule has 0 unspecified atom stereocenters. The molecule has 0 aliphatic rings. The van der Waals surface area contributed by atoms with Crippen molar-refractivity contribution in [3.8, 4) is 23.3 Å². The van der Waals surface area contributed by atoms with E-state index in [1.165, 1.54) is 6.08 Å². The maximum Gasteiger partial charge on any atom is 0.343 e. The van der Waals surface area contributed by atoms with Crippen LogP contribution in [0, 0.1) is 11.3 Å². The summed E-state index contributed by atoms with van der Waals surface area (Å²) in [4.78, 5) is 25.0. The molecule has 0 fully saturated rings. The number of amides is 1. The van der Waals surface area contributed by atoms with Crippen molar-refractivity contribution < 1.29 is 23.8 Å². The van der Waals surface area contributed by atoms with Crippen molar-refractivity contribution in [1.29, 1.82) is 5.26 Å². The first-order valence-corrected chi connectivity index (χ1v) is 10.1. The quantitative estimate of drug-likeness (QED) is 0.232. The molecule has 0 saturated heterocycles. The van der Waals surface area contributed by atoms with Gasteiger partial charge in [0.1, 0.15) is 17.4 Å². The first kappa shape index (κ1) is 23.1. The second kappa shape index (κ2) is 11.2. The Balaban J connectivity index is 1.81. The number of hydrogen-bond donors (Lipinski definition) is 1. The molecular weight excluding hydrogens is 420 g/mol. The molecule has 33 heavy (non-hydrogen) atoms. The van der Waals surface area contributed by atoms with Crippen molar-refractivity contribution in [3.63, 3.8) is 0 Å². The number of nitriles is 1. The minimum Gasteiger partial charge on any atom is -0.497 e. The lowest BCUT2D eigenvalue weighted by molar-refractivity contribution is -0.112. The summed E-state index contributed by atoms with van der Waals surface area (Å²) >= 11 is 0. The van der Waals surface area contributed by atoms with Crippen molar-refractivity contribution in [2.45, 2.75) is 6.92 Å². The van der Waals surface area contributed by atoms with Crippen molar-refractivity contribution in [1.82, 2.24) is 0 Å². The summed E-state index contributed by atoms with van der Waals surface area (Å²) < 4.78 is 16.2. The van der Waals surface area contributed by atoms with Gasteiger partial charge in [-0.2, -0.15) is 5.26 Å². The lowest BCUT2D eigenvalue weighted by Crippen LogP contribution is -2.13. The summed E-state index contributed by atoms with van der Waals surface area (Å²) in [7, 11) is 1.54. The van der Waals surface area contributed by atoms with E-state index < -0.39 is 11.9 Å². The maximum atomic E-state index is 12.5. The first-order chi connectivity index (χ1) is 16.0. The molecule has 3 aromatic rings. The summed E-state index contributed by atoms with van der Waals surface area (Å²) in [6.07, 6.45) is 1.44. The van der Waals surface area contributed by atoms with Crippen LogP contribution in [0.15, 0.2) is 78.4 Å². The molecule has 7 nitrogen and oxygen atoms in total. The monoisotopic (exact) mass is 442 g/mol. The zero-order valence-electron chi connectivity index (χ0n) is 18.2. The van der Waals surface area contributed by atoms with Crippen LogP contribution in [0.4, 0.5) is 5.69 Å². The van der Waals surface area contributed by atoms with Crippen molar-refractivity contribution in [2.24, 2.45) is 0 Å². The second-order valence-corrected chi connectivity index (χ2v) is 6.75. The summed E-state index contributed by atoms with van der Waals surface area (Å²) in [5.74, 6) is 0.0803. The maximum absolute atomic E-state index is 12.5. The Morgan fingerprint density at radius 2 is 1.73 bits per heavy atom. The van der Waals surface area contributed by atoms with E-state index in [0.717, 1.165) is 0 Å². The number of rotatable bonds is 8. The Hall–Kier alpha value is -4.57. The molecule has 0 atom stereocenters. The van der Waals surface area contributed by atoms with Crippen LogP contribution in [-0.2, 0) is 4.79 Å². The van der Waals surface area contributed by atoms with Gasteiger partial charge in [-0.25, -0.2) is 4.79 Å². The van der Waals surface area contributed by atoms with E-state index in [-0.39, 0.29) is 11.3 Å². The lowest BCUT2D eigenvalue weighted by Gasteiger charge is -2.12. The smallest absolute Gasteiger partial charge is 0.343 e. The Labute approximate surface area is 191 Å². The van der Waals surface area contributed by atoms with Crippen molar-refractivity contribution >= 4 is 23.6 Å². The number of benzene rings is 3. The number of nitrogens with one attached hydrogen (secondary N) is 1. The van der Waals surface area contributed by atoms with Crippen LogP contribution in [0.3, 0.4) is 0 Å². The first-order valence-electron chi connectivity index (χ1n) is 10.1. The average Bonchev–Trinajstić information content (AvgIpc) is 2.84. The number of esters is 1. The zero-order chi connectivity index (χ0) is 23.6. The van der Waals surface area contributed by atoms with Gasteiger partial charge >= 0.3 is 5.97 Å². The van der Waals surface area contributed by atoms with E-state index in [4.69, 9.17) is 14.2 Å². The zero-order valence-corrected chi connectivity index (χ0v) is 18.2. The van der Waals surface area contributed by atoms with Crippen molar-refractivity contribution in [3.05, 3.63) is 89.5 Å². The summed E-state index contributed by atoms with van der Waals surface area (Å²) in [6, 6.07) is 22.1. The van der Waals surface area contributed by atoms with Crippen LogP contribution in [0.2, 0.25) is 0 Å². The van der Waals surface area contributed by atoms with E-state index in [1.807, 2.05) is 12.1 Å². The van der Waals surface area contributed by atoms with E-state index in [2.05, 4.69) is 5.32 Å². The normalized spacial score (nSPS) is 10.6. The fraction of sp³-hybridized carbons (Fsp3) is 0.115. The van der Waals surface area contributed by atoms with Crippen LogP contribution in [-0.4, -0.2) is 25.6 Å². The fourth-order valence-electron chi connectivity index (χ4n) is 2.89. The minimum absolute atomic E-state index is 0.0794. The fourth-order valence-corrected chi connectivity index (χ4v) is 2.89. The van der Waals surface area contributed by atoms with Gasteiger partial charge in [0.15, 0.2) is 11.5 Å². The van der Waals surface area contributed by atoms with Crippen LogP contribution in [0.25, 0.3) is 6.08 Å². The number of hydrogen-bond acceptors (Lipinski definition) is 6. The largest absolute Gasteiger partial charge is 0.497 e. The van der Waals surface area contributed by atoms with E-state index in [0.29, 0.717) is 34.9 Å². The number of carbonyl (C=O) groups is 2. The highest BCUT2D eigenvalue weighted by molar-refractivity contribution is 6.09. The topological polar surface area (TPSA) is 97.6 Å². The van der Waals surface area contributed by atoms with E-state index in [1.54, 1.807) is 80.8 Å². The molecule has 0 aromatic heterocycles. The third kappa shape index (κ3) is 6.21. The van der Waals surface area contributed by atoms with E-state index in [9.17, 15) is 14.9 Å². The van der Waals surface area contributed by atoms with Gasteiger partial charge in [-0.3, -0.25) is 4.79 Å². The molecule has 0 saturated carbocycles. The molecule has 0 spiro atoms. The molecule has 0 radical (unpaired) electrons. The Bertz CT molecular complexity index is 1200. The van der Waals surface area contributed by atoms with Gasteiger partial charge in [-0.1, -0.05) is 24.3 Å². The lowest BCUT2D eigenvalue weighted by atomic mass is 10.1. The standard InChI is InChI=1S/C26H22N2O5/c1-3-32-24-16-18(15-20(17-27)25(29)28-21-7-5-4-6-8-21)9-14-23(24)33-26(30)19-10-12-22(31-2)13-11-19/h4-16H,3H2,1-2H3,(H,28,29)/b20-15+. The Morgan fingerprint density at radius 3 is 2.36 bits per heavy atom. The van der Waals surface area contributed by atoms with Gasteiger partial charge < -0.3 is 19.5 Å². The predicted molar refractivity (Wildman–Crippen MR) is 124 cm³/mol. The van der Waals surface area contributed by atoms with Gasteiger partial charge in [0, 0.05) is 5.69 Å². The molecule has 166 valence electrons. The van der Waals surface area contributed by atoms with Crippen LogP contribution in [0.1, 0.15) is 22.8 Å². The number of anilines is 1. The highest BCUT2D eigenvalue weighted by Gasteiger charge is 2.15. The van der Waals surface area contributed by atoms with Gasteiger partial charge in [0.25, 0.3) is 5.91 Å². The number of ether oxygens (including phenoxy) is 3. The highest BCUT2D eigenvalue weighted by Crippen LogP contribution is 2.30. The van der Waals surface area contributed by atoms with Gasteiger partial charge in [-0.05, 0) is 67.1 Å². The van der Waals surface area contributed by atoms with Crippen LogP contribution >= 0.6 is 0 Å². The number of para-hydroxylation sites is 1. The molecule has 0 aliphatic carbocycles. The predicted octanol–water partition coefficient (Wildman–Crippen LogP) is 4.86. The Morgan fingerprint density at radius 1 is 1.00 bits per heavy atom. The Kier molecular flexibility index (Phi) is 7.81. The molecular formula is C26H22N2O5. The molecule has 1 N–H and O–H groups in total. The van der Waals surface area contributed by atoms with Gasteiger partial charge in [-0.15, -0.1) is 0 Å². The molecule has 7 heteroatoms.